The van der Waals surface area contributed by atoms with Crippen molar-refractivity contribution >= 4 is 22.8 Å². The second-order valence-corrected chi connectivity index (χ2v) is 4.68. The first-order valence-electron chi connectivity index (χ1n) is 6.07. The topological polar surface area (TPSA) is 46.5 Å². The van der Waals surface area contributed by atoms with Crippen molar-refractivity contribution in [1.29, 1.82) is 0 Å². The Balaban J connectivity index is 2.19. The highest BCUT2D eigenvalue weighted by Crippen LogP contribution is 2.38. The smallest absolute Gasteiger partial charge is 0.430 e. The van der Waals surface area contributed by atoms with Crippen LogP contribution >= 0.6 is 0 Å². The number of benzene rings is 2. The van der Waals surface area contributed by atoms with Crippen molar-refractivity contribution in [1.82, 2.24) is 0 Å². The number of halogens is 3. The maximum Gasteiger partial charge on any atom is 0.430 e. The fraction of sp³-hybridized carbons (Fsp3) is 0.133. The summed E-state index contributed by atoms with van der Waals surface area (Å²) >= 11 is 0. The van der Waals surface area contributed by atoms with Gasteiger partial charge in [0.15, 0.2) is 0 Å². The molecule has 0 radical (unpaired) electrons. The molecule has 1 aliphatic heterocycles. The average molecular weight is 294 g/mol. The van der Waals surface area contributed by atoms with Crippen LogP contribution in [-0.2, 0) is 4.79 Å². The van der Waals surface area contributed by atoms with Crippen LogP contribution in [0.4, 0.5) is 13.2 Å². The fourth-order valence-electron chi connectivity index (χ4n) is 2.30. The number of carboxylic acid groups (broad SMARTS) is 1. The summed E-state index contributed by atoms with van der Waals surface area (Å²) in [6, 6.07) is 10.2. The first kappa shape index (κ1) is 13.5. The number of fused-ring (bicyclic) bond motifs is 2. The highest BCUT2D eigenvalue weighted by atomic mass is 19.4. The highest BCUT2D eigenvalue weighted by molar-refractivity contribution is 5.97. The van der Waals surface area contributed by atoms with Crippen LogP contribution in [0.1, 0.15) is 5.56 Å². The van der Waals surface area contributed by atoms with E-state index in [9.17, 15) is 18.0 Å². The summed E-state index contributed by atoms with van der Waals surface area (Å²) in [5.74, 6) is -1.61. The third-order valence-corrected chi connectivity index (χ3v) is 3.26. The van der Waals surface area contributed by atoms with Crippen molar-refractivity contribution < 1.29 is 27.8 Å². The summed E-state index contributed by atoms with van der Waals surface area (Å²) in [6.45, 7) is 0. The van der Waals surface area contributed by atoms with Crippen LogP contribution in [0.3, 0.4) is 0 Å². The van der Waals surface area contributed by atoms with Gasteiger partial charge in [0.05, 0.1) is 5.57 Å². The van der Waals surface area contributed by atoms with Gasteiger partial charge in [-0.3, -0.25) is 0 Å². The van der Waals surface area contributed by atoms with Crippen LogP contribution in [0.5, 0.6) is 5.75 Å². The molecule has 1 heterocycles. The van der Waals surface area contributed by atoms with Crippen molar-refractivity contribution in [2.75, 3.05) is 0 Å². The second-order valence-electron chi connectivity index (χ2n) is 4.68. The normalized spacial score (nSPS) is 17.9. The monoisotopic (exact) mass is 294 g/mol. The zero-order valence-corrected chi connectivity index (χ0v) is 10.5. The van der Waals surface area contributed by atoms with E-state index in [2.05, 4.69) is 0 Å². The molecule has 2 aromatic rings. The van der Waals surface area contributed by atoms with Gasteiger partial charge >= 0.3 is 12.1 Å². The summed E-state index contributed by atoms with van der Waals surface area (Å²) < 4.78 is 43.7. The molecule has 1 aliphatic rings. The van der Waals surface area contributed by atoms with E-state index < -0.39 is 23.8 Å². The number of carbonyl (C=O) groups is 1. The minimum atomic E-state index is -4.78. The summed E-state index contributed by atoms with van der Waals surface area (Å²) in [7, 11) is 0. The number of aliphatic carboxylic acids is 1. The van der Waals surface area contributed by atoms with Crippen molar-refractivity contribution in [3.8, 4) is 5.75 Å². The molecular weight excluding hydrogens is 285 g/mol. The molecule has 108 valence electrons. The van der Waals surface area contributed by atoms with E-state index in [1.165, 1.54) is 6.07 Å². The number of rotatable bonds is 1. The Hall–Kier alpha value is -2.50. The van der Waals surface area contributed by atoms with Crippen LogP contribution in [-0.4, -0.2) is 23.4 Å². The molecule has 1 unspecified atom stereocenters. The maximum atomic E-state index is 12.9. The van der Waals surface area contributed by atoms with Crippen molar-refractivity contribution in [3.63, 3.8) is 0 Å². The molecule has 0 aromatic heterocycles. The van der Waals surface area contributed by atoms with Crippen molar-refractivity contribution in [3.05, 3.63) is 47.5 Å². The maximum absolute atomic E-state index is 12.9. The zero-order valence-electron chi connectivity index (χ0n) is 10.5. The lowest BCUT2D eigenvalue weighted by Crippen LogP contribution is -2.40. The van der Waals surface area contributed by atoms with Crippen molar-refractivity contribution in [2.24, 2.45) is 0 Å². The van der Waals surface area contributed by atoms with Gasteiger partial charge in [0.1, 0.15) is 5.75 Å². The molecule has 2 aromatic carbocycles. The molecule has 0 bridgehead atoms. The Morgan fingerprint density at radius 1 is 1.14 bits per heavy atom. The Labute approximate surface area is 117 Å². The van der Waals surface area contributed by atoms with Crippen LogP contribution in [0.2, 0.25) is 0 Å². The molecule has 1 atom stereocenters. The lowest BCUT2D eigenvalue weighted by Gasteiger charge is -2.27. The quantitative estimate of drug-likeness (QED) is 0.873. The van der Waals surface area contributed by atoms with Gasteiger partial charge in [-0.05, 0) is 29.0 Å². The van der Waals surface area contributed by atoms with Crippen molar-refractivity contribution in [2.45, 2.75) is 12.3 Å². The SMILES string of the molecule is O=C(O)C1=Cc2cc3ccccc3cc2OC1C(F)(F)F. The number of carboxylic acids is 1. The van der Waals surface area contributed by atoms with E-state index >= 15 is 0 Å². The third kappa shape index (κ3) is 2.33. The molecule has 1 N–H and O–H groups in total. The molecule has 3 nitrogen and oxygen atoms in total. The molecule has 0 saturated heterocycles. The van der Waals surface area contributed by atoms with Crippen LogP contribution in [0, 0.1) is 0 Å². The van der Waals surface area contributed by atoms with Gasteiger partial charge in [0.25, 0.3) is 0 Å². The van der Waals surface area contributed by atoms with Gasteiger partial charge in [-0.2, -0.15) is 13.2 Å². The molecular formula is C15H9F3O3. The van der Waals surface area contributed by atoms with E-state index in [0.717, 1.165) is 16.8 Å². The van der Waals surface area contributed by atoms with Crippen LogP contribution in [0.25, 0.3) is 16.8 Å². The Morgan fingerprint density at radius 3 is 2.33 bits per heavy atom. The van der Waals surface area contributed by atoms with Gasteiger partial charge in [-0.25, -0.2) is 4.79 Å². The van der Waals surface area contributed by atoms with Gasteiger partial charge in [-0.15, -0.1) is 0 Å². The molecule has 0 spiro atoms. The van der Waals surface area contributed by atoms with Gasteiger partial charge in [0, 0.05) is 5.56 Å². The fourth-order valence-corrected chi connectivity index (χ4v) is 2.30. The summed E-state index contributed by atoms with van der Waals surface area (Å²) in [5, 5.41) is 10.5. The molecule has 21 heavy (non-hydrogen) atoms. The van der Waals surface area contributed by atoms with Gasteiger partial charge in [-0.1, -0.05) is 24.3 Å². The number of hydrogen-bond donors (Lipinski definition) is 1. The minimum Gasteiger partial charge on any atom is -0.478 e. The summed E-state index contributed by atoms with van der Waals surface area (Å²) in [5.41, 5.74) is -0.489. The first-order chi connectivity index (χ1) is 9.86. The molecule has 0 aliphatic carbocycles. The highest BCUT2D eigenvalue weighted by Gasteiger charge is 2.48. The molecule has 6 heteroatoms. The third-order valence-electron chi connectivity index (χ3n) is 3.26. The van der Waals surface area contributed by atoms with E-state index in [1.807, 2.05) is 0 Å². The van der Waals surface area contributed by atoms with Gasteiger partial charge < -0.3 is 9.84 Å². The predicted molar refractivity (Wildman–Crippen MR) is 70.0 cm³/mol. The average Bonchev–Trinajstić information content (AvgIpc) is 2.42. The van der Waals surface area contributed by atoms with Gasteiger partial charge in [0.2, 0.25) is 6.10 Å². The lowest BCUT2D eigenvalue weighted by molar-refractivity contribution is -0.187. The second kappa shape index (κ2) is 4.51. The summed E-state index contributed by atoms with van der Waals surface area (Å²) in [4.78, 5) is 11.0. The van der Waals surface area contributed by atoms with E-state index in [1.54, 1.807) is 30.3 Å². The van der Waals surface area contributed by atoms with E-state index in [0.29, 0.717) is 5.56 Å². The number of ether oxygens (including phenoxy) is 1. The first-order valence-corrected chi connectivity index (χ1v) is 6.07. The molecule has 0 saturated carbocycles. The lowest BCUT2D eigenvalue weighted by atomic mass is 9.98. The Bertz CT molecular complexity index is 762. The minimum absolute atomic E-state index is 0.0287. The van der Waals surface area contributed by atoms with Crippen LogP contribution in [0.15, 0.2) is 42.0 Å². The largest absolute Gasteiger partial charge is 0.478 e. The Kier molecular flexibility index (Phi) is 2.90. The standard InChI is InChI=1S/C15H9F3O3/c16-15(17,18)13-11(14(19)20)6-10-5-8-3-1-2-4-9(8)7-12(10)21-13/h1-7,13H,(H,19,20). The molecule has 0 amide bonds. The predicted octanol–water partition coefficient (Wildman–Crippen LogP) is 3.63. The molecule has 3 rings (SSSR count). The summed E-state index contributed by atoms with van der Waals surface area (Å²) in [6.07, 6.45) is -6.22. The number of alkyl halides is 3. The van der Waals surface area contributed by atoms with E-state index in [4.69, 9.17) is 9.84 Å². The zero-order chi connectivity index (χ0) is 15.2. The van der Waals surface area contributed by atoms with Crippen LogP contribution < -0.4 is 4.74 Å². The Morgan fingerprint density at radius 2 is 1.76 bits per heavy atom. The molecule has 0 fully saturated rings. The van der Waals surface area contributed by atoms with E-state index in [-0.39, 0.29) is 5.75 Å². The number of hydrogen-bond acceptors (Lipinski definition) is 2.